The average Bonchev–Trinajstić information content (AvgIpc) is 3.06. The molecule has 0 saturated carbocycles. The number of H-pyrrole nitrogens is 1. The first-order valence-electron chi connectivity index (χ1n) is 7.13. The number of nitrogens with zero attached hydrogens (tertiary/aromatic N) is 1. The molecule has 4 nitrogen and oxygen atoms in total. The molecule has 1 aliphatic carbocycles. The molecule has 0 spiro atoms. The fraction of sp³-hybridized carbons (Fsp3) is 0.467. The Labute approximate surface area is 122 Å². The van der Waals surface area contributed by atoms with Crippen LogP contribution in [0.1, 0.15) is 44.3 Å². The molecule has 0 fully saturated rings. The Morgan fingerprint density at radius 3 is 3.05 bits per heavy atom. The number of carbonyl (C=O) groups is 1. The molecule has 20 heavy (non-hydrogen) atoms. The molecule has 2 heterocycles. The quantitative estimate of drug-likeness (QED) is 0.909. The number of aromatic amines is 1. The zero-order valence-corrected chi connectivity index (χ0v) is 12.5. The number of carbonyl (C=O) groups excluding carboxylic acids is 1. The van der Waals surface area contributed by atoms with E-state index in [2.05, 4.69) is 15.5 Å². The summed E-state index contributed by atoms with van der Waals surface area (Å²) in [6.07, 6.45) is 5.55. The summed E-state index contributed by atoms with van der Waals surface area (Å²) in [4.78, 5) is 13.9. The second-order valence-electron chi connectivity index (χ2n) is 5.25. The van der Waals surface area contributed by atoms with E-state index in [9.17, 15) is 4.79 Å². The summed E-state index contributed by atoms with van der Waals surface area (Å²) >= 11 is 1.53. The van der Waals surface area contributed by atoms with Crippen molar-refractivity contribution in [2.75, 3.05) is 6.54 Å². The molecular formula is C15H19N3OS. The predicted octanol–water partition coefficient (Wildman–Crippen LogP) is 2.63. The highest BCUT2D eigenvalue weighted by atomic mass is 32.1. The largest absolute Gasteiger partial charge is 0.351 e. The Bertz CT molecular complexity index is 614. The summed E-state index contributed by atoms with van der Waals surface area (Å²) in [5, 5.41) is 10.5. The SMILES string of the molecule is Cc1ccc(C(=O)NCCc2n[nH]c3c2CCCC3)s1. The Morgan fingerprint density at radius 2 is 2.25 bits per heavy atom. The van der Waals surface area contributed by atoms with Gasteiger partial charge in [-0.15, -0.1) is 11.3 Å². The van der Waals surface area contributed by atoms with Gasteiger partial charge in [0, 0.05) is 23.5 Å². The van der Waals surface area contributed by atoms with E-state index in [1.54, 1.807) is 0 Å². The summed E-state index contributed by atoms with van der Waals surface area (Å²) in [6, 6.07) is 3.86. The number of aromatic nitrogens is 2. The van der Waals surface area contributed by atoms with Gasteiger partial charge in [0.1, 0.15) is 0 Å². The van der Waals surface area contributed by atoms with Gasteiger partial charge in [-0.1, -0.05) is 0 Å². The van der Waals surface area contributed by atoms with Gasteiger partial charge in [-0.25, -0.2) is 0 Å². The van der Waals surface area contributed by atoms with Gasteiger partial charge >= 0.3 is 0 Å². The minimum Gasteiger partial charge on any atom is -0.351 e. The van der Waals surface area contributed by atoms with Crippen molar-refractivity contribution in [1.82, 2.24) is 15.5 Å². The third-order valence-electron chi connectivity index (χ3n) is 3.75. The van der Waals surface area contributed by atoms with E-state index in [1.165, 1.54) is 35.4 Å². The molecule has 0 aromatic carbocycles. The molecule has 0 bridgehead atoms. The molecule has 1 aliphatic rings. The van der Waals surface area contributed by atoms with E-state index in [-0.39, 0.29) is 5.91 Å². The molecule has 5 heteroatoms. The first kappa shape index (κ1) is 13.4. The molecule has 0 aliphatic heterocycles. The molecular weight excluding hydrogens is 270 g/mol. The molecule has 0 saturated heterocycles. The maximum atomic E-state index is 11.9. The highest BCUT2D eigenvalue weighted by molar-refractivity contribution is 7.13. The molecule has 106 valence electrons. The van der Waals surface area contributed by atoms with Crippen LogP contribution in [0.15, 0.2) is 12.1 Å². The molecule has 2 aromatic heterocycles. The van der Waals surface area contributed by atoms with Gasteiger partial charge in [0.25, 0.3) is 5.91 Å². The van der Waals surface area contributed by atoms with Crippen LogP contribution in [-0.2, 0) is 19.3 Å². The number of fused-ring (bicyclic) bond motifs is 1. The Kier molecular flexibility index (Phi) is 3.87. The Hall–Kier alpha value is -1.62. The highest BCUT2D eigenvalue weighted by Crippen LogP contribution is 2.22. The maximum Gasteiger partial charge on any atom is 0.261 e. The van der Waals surface area contributed by atoms with Crippen LogP contribution in [0.25, 0.3) is 0 Å². The van der Waals surface area contributed by atoms with E-state index < -0.39 is 0 Å². The monoisotopic (exact) mass is 289 g/mol. The normalized spacial score (nSPS) is 14.1. The van der Waals surface area contributed by atoms with Crippen molar-refractivity contribution in [3.05, 3.63) is 38.8 Å². The van der Waals surface area contributed by atoms with Gasteiger partial charge in [-0.05, 0) is 50.3 Å². The van der Waals surface area contributed by atoms with Crippen LogP contribution in [0.4, 0.5) is 0 Å². The fourth-order valence-electron chi connectivity index (χ4n) is 2.69. The number of hydrogen-bond acceptors (Lipinski definition) is 3. The first-order chi connectivity index (χ1) is 9.74. The lowest BCUT2D eigenvalue weighted by molar-refractivity contribution is 0.0958. The summed E-state index contributed by atoms with van der Waals surface area (Å²) in [5.74, 6) is 0.0208. The fourth-order valence-corrected chi connectivity index (χ4v) is 3.48. The maximum absolute atomic E-state index is 11.9. The number of thiophene rings is 1. The van der Waals surface area contributed by atoms with Crippen molar-refractivity contribution >= 4 is 17.2 Å². The number of nitrogens with one attached hydrogen (secondary N) is 2. The van der Waals surface area contributed by atoms with Crippen LogP contribution in [0.2, 0.25) is 0 Å². The Morgan fingerprint density at radius 1 is 1.40 bits per heavy atom. The first-order valence-corrected chi connectivity index (χ1v) is 7.95. The van der Waals surface area contributed by atoms with Gasteiger partial charge in [0.05, 0.1) is 10.6 Å². The van der Waals surface area contributed by atoms with Crippen molar-refractivity contribution in [1.29, 1.82) is 0 Å². The summed E-state index contributed by atoms with van der Waals surface area (Å²) in [6.45, 7) is 2.66. The summed E-state index contributed by atoms with van der Waals surface area (Å²) < 4.78 is 0. The molecule has 1 amide bonds. The Balaban J connectivity index is 1.55. The van der Waals surface area contributed by atoms with Crippen molar-refractivity contribution in [3.8, 4) is 0 Å². The van der Waals surface area contributed by atoms with E-state index in [0.29, 0.717) is 6.54 Å². The predicted molar refractivity (Wildman–Crippen MR) is 80.3 cm³/mol. The number of amides is 1. The molecule has 2 aromatic rings. The standard InChI is InChI=1S/C15H19N3OS/c1-10-6-7-14(20-10)15(19)16-9-8-13-11-4-2-3-5-12(11)17-18-13/h6-7H,2-5,8-9H2,1H3,(H,16,19)(H,17,18). The van der Waals surface area contributed by atoms with Gasteiger partial charge in [0.2, 0.25) is 0 Å². The highest BCUT2D eigenvalue weighted by Gasteiger charge is 2.16. The van der Waals surface area contributed by atoms with Crippen LogP contribution < -0.4 is 5.32 Å². The second kappa shape index (κ2) is 5.79. The minimum absolute atomic E-state index is 0.0208. The third kappa shape index (κ3) is 2.77. The van der Waals surface area contributed by atoms with Crippen molar-refractivity contribution in [2.45, 2.75) is 39.0 Å². The van der Waals surface area contributed by atoms with Crippen LogP contribution in [-0.4, -0.2) is 22.6 Å². The number of aryl methyl sites for hydroxylation is 2. The minimum atomic E-state index is 0.0208. The summed E-state index contributed by atoms with van der Waals surface area (Å²) in [5.41, 5.74) is 3.81. The topological polar surface area (TPSA) is 57.8 Å². The number of rotatable bonds is 4. The number of hydrogen-bond donors (Lipinski definition) is 2. The lowest BCUT2D eigenvalue weighted by atomic mass is 9.95. The smallest absolute Gasteiger partial charge is 0.261 e. The van der Waals surface area contributed by atoms with E-state index in [4.69, 9.17) is 0 Å². The van der Waals surface area contributed by atoms with Crippen LogP contribution >= 0.6 is 11.3 Å². The second-order valence-corrected chi connectivity index (χ2v) is 6.54. The molecule has 0 unspecified atom stereocenters. The summed E-state index contributed by atoms with van der Waals surface area (Å²) in [7, 11) is 0. The van der Waals surface area contributed by atoms with Crippen molar-refractivity contribution < 1.29 is 4.79 Å². The van der Waals surface area contributed by atoms with Gasteiger partial charge < -0.3 is 5.32 Å². The van der Waals surface area contributed by atoms with Gasteiger partial charge in [-0.2, -0.15) is 5.10 Å². The molecule has 2 N–H and O–H groups in total. The lowest BCUT2D eigenvalue weighted by Gasteiger charge is -2.11. The zero-order chi connectivity index (χ0) is 13.9. The molecule has 0 radical (unpaired) electrons. The van der Waals surface area contributed by atoms with E-state index in [1.807, 2.05) is 19.1 Å². The van der Waals surface area contributed by atoms with Gasteiger partial charge in [-0.3, -0.25) is 9.89 Å². The lowest BCUT2D eigenvalue weighted by Crippen LogP contribution is -2.25. The van der Waals surface area contributed by atoms with Gasteiger partial charge in [0.15, 0.2) is 0 Å². The molecule has 3 rings (SSSR count). The molecule has 0 atom stereocenters. The van der Waals surface area contributed by atoms with Crippen LogP contribution in [0.5, 0.6) is 0 Å². The van der Waals surface area contributed by atoms with Crippen molar-refractivity contribution in [3.63, 3.8) is 0 Å². The van der Waals surface area contributed by atoms with Crippen LogP contribution in [0.3, 0.4) is 0 Å². The van der Waals surface area contributed by atoms with Crippen LogP contribution in [0, 0.1) is 6.92 Å². The average molecular weight is 289 g/mol. The zero-order valence-electron chi connectivity index (χ0n) is 11.7. The van der Waals surface area contributed by atoms with E-state index >= 15 is 0 Å². The van der Waals surface area contributed by atoms with Crippen molar-refractivity contribution in [2.24, 2.45) is 0 Å². The third-order valence-corrected chi connectivity index (χ3v) is 4.75. The van der Waals surface area contributed by atoms with E-state index in [0.717, 1.165) is 34.7 Å².